The van der Waals surface area contributed by atoms with Crippen molar-refractivity contribution in [3.05, 3.63) is 70.8 Å². The smallest absolute Gasteiger partial charge is 0.194 e. The van der Waals surface area contributed by atoms with E-state index >= 15 is 0 Å². The largest absolute Gasteiger partial charge is 0.306 e. The molecule has 1 N–H and O–H groups in total. The SMILES string of the molecule is C[C@H](NCc1cc(F)c(F)c(F)c1)c1cccc(F)c1. The monoisotopic (exact) mass is 283 g/mol. The Balaban J connectivity index is 2.05. The molecule has 0 unspecified atom stereocenters. The molecule has 1 nitrogen and oxygen atoms in total. The van der Waals surface area contributed by atoms with Gasteiger partial charge in [-0.2, -0.15) is 0 Å². The Hall–Kier alpha value is -1.88. The predicted octanol–water partition coefficient (Wildman–Crippen LogP) is 4.09. The van der Waals surface area contributed by atoms with Crippen molar-refractivity contribution in [1.29, 1.82) is 0 Å². The van der Waals surface area contributed by atoms with Gasteiger partial charge in [0.25, 0.3) is 0 Å². The van der Waals surface area contributed by atoms with E-state index in [0.717, 1.165) is 12.1 Å². The number of benzene rings is 2. The highest BCUT2D eigenvalue weighted by molar-refractivity contribution is 5.22. The number of nitrogens with one attached hydrogen (secondary N) is 1. The summed E-state index contributed by atoms with van der Waals surface area (Å²) in [6.07, 6.45) is 0. The second-order valence-corrected chi connectivity index (χ2v) is 4.53. The standard InChI is InChI=1S/C15H13F4N/c1-9(11-3-2-4-12(16)7-11)20-8-10-5-13(17)15(19)14(18)6-10/h2-7,9,20H,8H2,1H3/t9-/m0/s1. The minimum Gasteiger partial charge on any atom is -0.306 e. The summed E-state index contributed by atoms with van der Waals surface area (Å²) in [5, 5.41) is 2.99. The molecular weight excluding hydrogens is 270 g/mol. The second-order valence-electron chi connectivity index (χ2n) is 4.53. The molecule has 0 aliphatic rings. The fourth-order valence-corrected chi connectivity index (χ4v) is 1.87. The first-order valence-electron chi connectivity index (χ1n) is 6.09. The van der Waals surface area contributed by atoms with Crippen LogP contribution < -0.4 is 5.32 Å². The maximum absolute atomic E-state index is 13.1. The topological polar surface area (TPSA) is 12.0 Å². The first kappa shape index (κ1) is 14.5. The summed E-state index contributed by atoms with van der Waals surface area (Å²) in [6.45, 7) is 1.94. The highest BCUT2D eigenvalue weighted by Gasteiger charge is 2.11. The second kappa shape index (κ2) is 6.05. The zero-order chi connectivity index (χ0) is 14.7. The Labute approximate surface area is 114 Å². The minimum atomic E-state index is -1.48. The molecule has 0 amide bonds. The zero-order valence-electron chi connectivity index (χ0n) is 10.8. The van der Waals surface area contributed by atoms with Gasteiger partial charge in [0.1, 0.15) is 5.82 Å². The zero-order valence-corrected chi connectivity index (χ0v) is 10.8. The van der Waals surface area contributed by atoms with Gasteiger partial charge in [-0.25, -0.2) is 17.6 Å². The third kappa shape index (κ3) is 3.36. The van der Waals surface area contributed by atoms with Crippen LogP contribution in [0.2, 0.25) is 0 Å². The third-order valence-electron chi connectivity index (χ3n) is 3.00. The molecule has 0 radical (unpaired) electrons. The van der Waals surface area contributed by atoms with Crippen molar-refractivity contribution in [2.24, 2.45) is 0 Å². The van der Waals surface area contributed by atoms with Gasteiger partial charge in [0.05, 0.1) is 0 Å². The van der Waals surface area contributed by atoms with Gasteiger partial charge in [-0.3, -0.25) is 0 Å². The van der Waals surface area contributed by atoms with Crippen molar-refractivity contribution in [3.63, 3.8) is 0 Å². The summed E-state index contributed by atoms with van der Waals surface area (Å²) in [7, 11) is 0. The van der Waals surface area contributed by atoms with Gasteiger partial charge < -0.3 is 5.32 Å². The summed E-state index contributed by atoms with van der Waals surface area (Å²) in [5.41, 5.74) is 0.998. The highest BCUT2D eigenvalue weighted by Crippen LogP contribution is 2.16. The van der Waals surface area contributed by atoms with Gasteiger partial charge in [0, 0.05) is 12.6 Å². The van der Waals surface area contributed by atoms with Gasteiger partial charge in [-0.1, -0.05) is 12.1 Å². The number of hydrogen-bond acceptors (Lipinski definition) is 1. The van der Waals surface area contributed by atoms with E-state index < -0.39 is 17.5 Å². The minimum absolute atomic E-state index is 0.145. The van der Waals surface area contributed by atoms with Gasteiger partial charge in [0.2, 0.25) is 0 Å². The van der Waals surface area contributed by atoms with E-state index in [2.05, 4.69) is 5.32 Å². The van der Waals surface area contributed by atoms with Gasteiger partial charge in [-0.15, -0.1) is 0 Å². The van der Waals surface area contributed by atoms with Crippen LogP contribution in [0.1, 0.15) is 24.1 Å². The normalized spacial score (nSPS) is 12.4. The molecule has 5 heteroatoms. The average molecular weight is 283 g/mol. The molecule has 2 rings (SSSR count). The molecule has 1 atom stereocenters. The maximum Gasteiger partial charge on any atom is 0.194 e. The quantitative estimate of drug-likeness (QED) is 0.658. The summed E-state index contributed by atoms with van der Waals surface area (Å²) < 4.78 is 52.0. The van der Waals surface area contributed by atoms with Crippen molar-refractivity contribution in [2.45, 2.75) is 19.5 Å². The van der Waals surface area contributed by atoms with Crippen molar-refractivity contribution < 1.29 is 17.6 Å². The lowest BCUT2D eigenvalue weighted by Gasteiger charge is -2.14. The fraction of sp³-hybridized carbons (Fsp3) is 0.200. The molecule has 0 aliphatic heterocycles. The maximum atomic E-state index is 13.1. The molecule has 0 bridgehead atoms. The molecule has 2 aromatic rings. The Bertz CT molecular complexity index is 590. The summed E-state index contributed by atoms with van der Waals surface area (Å²) in [5.74, 6) is -4.28. The van der Waals surface area contributed by atoms with Crippen molar-refractivity contribution in [1.82, 2.24) is 5.32 Å². The summed E-state index contributed by atoms with van der Waals surface area (Å²) in [6, 6.07) is 7.70. The van der Waals surface area contributed by atoms with Crippen LogP contribution in [-0.4, -0.2) is 0 Å². The first-order chi connectivity index (χ1) is 9.47. The Morgan fingerprint density at radius 2 is 1.65 bits per heavy atom. The lowest BCUT2D eigenvalue weighted by molar-refractivity contribution is 0.443. The predicted molar refractivity (Wildman–Crippen MR) is 68.0 cm³/mol. The Kier molecular flexibility index (Phi) is 4.39. The van der Waals surface area contributed by atoms with E-state index in [1.807, 2.05) is 0 Å². The van der Waals surface area contributed by atoms with Crippen LogP contribution in [0, 0.1) is 23.3 Å². The number of halogens is 4. The number of hydrogen-bond donors (Lipinski definition) is 1. The molecule has 20 heavy (non-hydrogen) atoms. The lowest BCUT2D eigenvalue weighted by atomic mass is 10.1. The van der Waals surface area contributed by atoms with Gasteiger partial charge in [0.15, 0.2) is 17.5 Å². The lowest BCUT2D eigenvalue weighted by Crippen LogP contribution is -2.18. The van der Waals surface area contributed by atoms with Crippen LogP contribution in [0.15, 0.2) is 36.4 Å². The molecule has 0 heterocycles. The Morgan fingerprint density at radius 1 is 1.00 bits per heavy atom. The van der Waals surface area contributed by atoms with Crippen LogP contribution in [-0.2, 0) is 6.54 Å². The average Bonchev–Trinajstić information content (AvgIpc) is 2.42. The summed E-state index contributed by atoms with van der Waals surface area (Å²) >= 11 is 0. The van der Waals surface area contributed by atoms with Crippen LogP contribution >= 0.6 is 0 Å². The van der Waals surface area contributed by atoms with E-state index in [9.17, 15) is 17.6 Å². The number of rotatable bonds is 4. The van der Waals surface area contributed by atoms with Crippen LogP contribution in [0.4, 0.5) is 17.6 Å². The molecule has 0 spiro atoms. The van der Waals surface area contributed by atoms with E-state index in [0.29, 0.717) is 5.56 Å². The van der Waals surface area contributed by atoms with E-state index in [4.69, 9.17) is 0 Å². The van der Waals surface area contributed by atoms with Crippen LogP contribution in [0.25, 0.3) is 0 Å². The highest BCUT2D eigenvalue weighted by atomic mass is 19.2. The molecule has 2 aromatic carbocycles. The molecule has 0 saturated carbocycles. The molecule has 0 saturated heterocycles. The first-order valence-corrected chi connectivity index (χ1v) is 6.09. The Morgan fingerprint density at radius 3 is 2.25 bits per heavy atom. The van der Waals surface area contributed by atoms with Gasteiger partial charge in [-0.05, 0) is 42.3 Å². The van der Waals surface area contributed by atoms with Crippen molar-refractivity contribution in [3.8, 4) is 0 Å². The fourth-order valence-electron chi connectivity index (χ4n) is 1.87. The van der Waals surface area contributed by atoms with Crippen LogP contribution in [0.5, 0.6) is 0 Å². The molecule has 0 aliphatic carbocycles. The van der Waals surface area contributed by atoms with Crippen molar-refractivity contribution >= 4 is 0 Å². The van der Waals surface area contributed by atoms with E-state index in [1.165, 1.54) is 12.1 Å². The van der Waals surface area contributed by atoms with E-state index in [-0.39, 0.29) is 24.0 Å². The molecular formula is C15H13F4N. The summed E-state index contributed by atoms with van der Waals surface area (Å²) in [4.78, 5) is 0. The molecule has 0 aromatic heterocycles. The third-order valence-corrected chi connectivity index (χ3v) is 3.00. The van der Waals surface area contributed by atoms with Gasteiger partial charge >= 0.3 is 0 Å². The van der Waals surface area contributed by atoms with Crippen molar-refractivity contribution in [2.75, 3.05) is 0 Å². The van der Waals surface area contributed by atoms with E-state index in [1.54, 1.807) is 19.1 Å². The molecule has 0 fully saturated rings. The van der Waals surface area contributed by atoms with Crippen LogP contribution in [0.3, 0.4) is 0 Å². The molecule has 106 valence electrons.